The minimum Gasteiger partial charge on any atom is -0.378 e. The fourth-order valence-corrected chi connectivity index (χ4v) is 7.15. The van der Waals surface area contributed by atoms with Crippen LogP contribution < -0.4 is 21.1 Å². The number of morpholine rings is 1. The summed E-state index contributed by atoms with van der Waals surface area (Å²) in [5.74, 6) is 0.647. The number of hydrazine groups is 1. The molecule has 1 saturated carbocycles. The Labute approximate surface area is 212 Å². The number of rotatable bonds is 6. The average Bonchev–Trinajstić information content (AvgIpc) is 3.68. The van der Waals surface area contributed by atoms with Crippen LogP contribution in [0.1, 0.15) is 55.3 Å². The Kier molecular flexibility index (Phi) is 7.07. The van der Waals surface area contributed by atoms with Gasteiger partial charge in [-0.05, 0) is 91.2 Å². The Morgan fingerprint density at radius 3 is 2.57 bits per heavy atom. The summed E-state index contributed by atoms with van der Waals surface area (Å²) in [5.41, 5.74) is 10.9. The Morgan fingerprint density at radius 1 is 1.03 bits per heavy atom. The molecule has 1 aliphatic carbocycles. The van der Waals surface area contributed by atoms with E-state index in [1.807, 2.05) is 0 Å². The molecule has 0 spiro atoms. The topological polar surface area (TPSA) is 68.9 Å². The number of nitrogens with one attached hydrogen (secondary N) is 3. The van der Waals surface area contributed by atoms with Crippen molar-refractivity contribution in [3.8, 4) is 0 Å². The second-order valence-electron chi connectivity index (χ2n) is 10.4. The highest BCUT2D eigenvalue weighted by atomic mass is 32.1. The number of carbonyl (C=O) groups excluding carboxylic acids is 1. The fourth-order valence-electron chi connectivity index (χ4n) is 6.47. The quantitative estimate of drug-likeness (QED) is 0.572. The van der Waals surface area contributed by atoms with Gasteiger partial charge in [0.15, 0.2) is 0 Å². The summed E-state index contributed by atoms with van der Waals surface area (Å²) in [4.78, 5) is 18.3. The van der Waals surface area contributed by atoms with Crippen LogP contribution in [0.25, 0.3) is 0 Å². The summed E-state index contributed by atoms with van der Waals surface area (Å²) in [5, 5.41) is 7.70. The smallest absolute Gasteiger partial charge is 0.242 e. The molecule has 4 fully saturated rings. The first-order valence-corrected chi connectivity index (χ1v) is 14.2. The zero-order chi connectivity index (χ0) is 23.6. The molecular weight excluding hydrogens is 458 g/mol. The van der Waals surface area contributed by atoms with Crippen LogP contribution in [0.4, 0.5) is 5.69 Å². The van der Waals surface area contributed by atoms with Crippen LogP contribution in [-0.4, -0.2) is 62.3 Å². The highest BCUT2D eigenvalue weighted by Crippen LogP contribution is 2.39. The maximum absolute atomic E-state index is 13.5. The molecule has 1 aromatic heterocycles. The lowest BCUT2D eigenvalue weighted by atomic mass is 9.77. The number of nitrogens with zero attached hydrogens (tertiary/aromatic N) is 2. The molecule has 4 heterocycles. The molecule has 0 radical (unpaired) electrons. The third kappa shape index (κ3) is 5.00. The van der Waals surface area contributed by atoms with Gasteiger partial charge in [0.25, 0.3) is 0 Å². The standard InChI is InChI=1S/C27H37N5O2S/c33-27(26(20-9-16-35-18-20)32-10-1-2-11-32)28-21-5-8-24-23(17-21)25(30-29-24)19-3-6-22(7-4-19)31-12-14-34-15-13-31/h3-4,6-7,9,16,18,21,23-26,29-30H,1-2,5,8,10-15,17H2,(H,28,33). The zero-order valence-electron chi connectivity index (χ0n) is 20.3. The highest BCUT2D eigenvalue weighted by molar-refractivity contribution is 7.08. The van der Waals surface area contributed by atoms with Crippen molar-refractivity contribution >= 4 is 22.9 Å². The fraction of sp³-hybridized carbons (Fsp3) is 0.593. The molecule has 5 atom stereocenters. The first kappa shape index (κ1) is 23.4. The molecule has 1 aromatic carbocycles. The maximum Gasteiger partial charge on any atom is 0.242 e. The molecule has 35 heavy (non-hydrogen) atoms. The third-order valence-electron chi connectivity index (χ3n) is 8.34. The number of likely N-dealkylation sites (tertiary alicyclic amines) is 1. The number of thiophene rings is 1. The molecule has 2 aromatic rings. The van der Waals surface area contributed by atoms with E-state index in [1.165, 1.54) is 24.1 Å². The number of fused-ring (bicyclic) bond motifs is 1. The van der Waals surface area contributed by atoms with Crippen LogP contribution in [0.2, 0.25) is 0 Å². The number of anilines is 1. The largest absolute Gasteiger partial charge is 0.378 e. The van der Waals surface area contributed by atoms with Gasteiger partial charge in [-0.15, -0.1) is 0 Å². The van der Waals surface area contributed by atoms with Crippen molar-refractivity contribution in [1.82, 2.24) is 21.1 Å². The minimum atomic E-state index is -0.148. The molecule has 3 N–H and O–H groups in total. The van der Waals surface area contributed by atoms with Gasteiger partial charge in [0, 0.05) is 30.9 Å². The summed E-state index contributed by atoms with van der Waals surface area (Å²) < 4.78 is 5.50. The number of benzene rings is 1. The first-order valence-electron chi connectivity index (χ1n) is 13.3. The predicted molar refractivity (Wildman–Crippen MR) is 139 cm³/mol. The monoisotopic (exact) mass is 495 g/mol. The normalized spacial score (nSPS) is 30.2. The van der Waals surface area contributed by atoms with E-state index in [4.69, 9.17) is 4.74 Å². The molecule has 7 nitrogen and oxygen atoms in total. The summed E-state index contributed by atoms with van der Waals surface area (Å²) in [6, 6.07) is 12.0. The zero-order valence-corrected chi connectivity index (χ0v) is 21.1. The lowest BCUT2D eigenvalue weighted by molar-refractivity contribution is -0.127. The molecule has 3 saturated heterocycles. The third-order valence-corrected chi connectivity index (χ3v) is 9.04. The van der Waals surface area contributed by atoms with Crippen molar-refractivity contribution < 1.29 is 9.53 Å². The molecule has 5 unspecified atom stereocenters. The lowest BCUT2D eigenvalue weighted by Crippen LogP contribution is -2.47. The average molecular weight is 496 g/mol. The molecule has 8 heteroatoms. The first-order chi connectivity index (χ1) is 17.3. The van der Waals surface area contributed by atoms with E-state index in [2.05, 4.69) is 67.1 Å². The van der Waals surface area contributed by atoms with E-state index in [0.717, 1.165) is 64.2 Å². The summed E-state index contributed by atoms with van der Waals surface area (Å²) >= 11 is 1.68. The minimum absolute atomic E-state index is 0.148. The van der Waals surface area contributed by atoms with Gasteiger partial charge in [-0.25, -0.2) is 5.43 Å². The van der Waals surface area contributed by atoms with E-state index >= 15 is 0 Å². The van der Waals surface area contributed by atoms with Gasteiger partial charge in [0.2, 0.25) is 5.91 Å². The molecule has 3 aliphatic heterocycles. The maximum atomic E-state index is 13.5. The Bertz CT molecular complexity index is 972. The van der Waals surface area contributed by atoms with Gasteiger partial charge in [-0.2, -0.15) is 11.3 Å². The van der Waals surface area contributed by atoms with Gasteiger partial charge >= 0.3 is 0 Å². The molecule has 188 valence electrons. The van der Waals surface area contributed by atoms with Crippen LogP contribution in [0.5, 0.6) is 0 Å². The Morgan fingerprint density at radius 2 is 1.83 bits per heavy atom. The number of carbonyl (C=O) groups is 1. The summed E-state index contributed by atoms with van der Waals surface area (Å²) in [6.07, 6.45) is 5.48. The second-order valence-corrected chi connectivity index (χ2v) is 11.2. The number of amides is 1. The second kappa shape index (κ2) is 10.6. The summed E-state index contributed by atoms with van der Waals surface area (Å²) in [7, 11) is 0. The van der Waals surface area contributed by atoms with Crippen molar-refractivity contribution in [1.29, 1.82) is 0 Å². The molecule has 6 rings (SSSR count). The Hall–Kier alpha value is -1.97. The van der Waals surface area contributed by atoms with Crippen molar-refractivity contribution in [3.63, 3.8) is 0 Å². The SMILES string of the molecule is O=C(NC1CCC2NNC(c3ccc(N4CCOCC4)cc3)C2C1)C(c1ccsc1)N1CCCC1. The molecule has 4 aliphatic rings. The van der Waals surface area contributed by atoms with Crippen LogP contribution in [0.15, 0.2) is 41.1 Å². The van der Waals surface area contributed by atoms with Crippen molar-refractivity contribution in [2.75, 3.05) is 44.3 Å². The van der Waals surface area contributed by atoms with Crippen molar-refractivity contribution in [2.45, 2.75) is 56.3 Å². The van der Waals surface area contributed by atoms with Crippen molar-refractivity contribution in [2.24, 2.45) is 5.92 Å². The van der Waals surface area contributed by atoms with E-state index in [-0.39, 0.29) is 24.0 Å². The van der Waals surface area contributed by atoms with Gasteiger partial charge < -0.3 is 15.0 Å². The number of hydrogen-bond acceptors (Lipinski definition) is 7. The number of ether oxygens (including phenoxy) is 1. The predicted octanol–water partition coefficient (Wildman–Crippen LogP) is 3.22. The van der Waals surface area contributed by atoms with Crippen LogP contribution >= 0.6 is 11.3 Å². The van der Waals surface area contributed by atoms with Crippen molar-refractivity contribution in [3.05, 3.63) is 52.2 Å². The van der Waals surface area contributed by atoms with Gasteiger partial charge in [0.1, 0.15) is 6.04 Å². The van der Waals surface area contributed by atoms with E-state index in [1.54, 1.807) is 11.3 Å². The molecule has 1 amide bonds. The number of hydrogen-bond donors (Lipinski definition) is 3. The van der Waals surface area contributed by atoms with E-state index < -0.39 is 0 Å². The van der Waals surface area contributed by atoms with Crippen LogP contribution in [0.3, 0.4) is 0 Å². The molecule has 0 bridgehead atoms. The van der Waals surface area contributed by atoms with Gasteiger partial charge in [0.05, 0.1) is 19.3 Å². The summed E-state index contributed by atoms with van der Waals surface area (Å²) in [6.45, 7) is 5.55. The Balaban J connectivity index is 1.12. The van der Waals surface area contributed by atoms with Crippen LogP contribution in [-0.2, 0) is 9.53 Å². The van der Waals surface area contributed by atoms with Crippen LogP contribution in [0, 0.1) is 5.92 Å². The van der Waals surface area contributed by atoms with E-state index in [9.17, 15) is 4.79 Å². The highest BCUT2D eigenvalue weighted by Gasteiger charge is 2.42. The van der Waals surface area contributed by atoms with Gasteiger partial charge in [-0.1, -0.05) is 12.1 Å². The lowest BCUT2D eigenvalue weighted by Gasteiger charge is -2.35. The van der Waals surface area contributed by atoms with E-state index in [0.29, 0.717) is 12.0 Å². The van der Waals surface area contributed by atoms with Gasteiger partial charge in [-0.3, -0.25) is 15.1 Å². The molecular formula is C27H37N5O2S.